The molecule has 0 aromatic heterocycles. The molecule has 9 nitrogen and oxygen atoms in total. The third-order valence-corrected chi connectivity index (χ3v) is 7.73. The highest BCUT2D eigenvalue weighted by molar-refractivity contribution is 6.08. The zero-order valence-corrected chi connectivity index (χ0v) is 26.3. The summed E-state index contributed by atoms with van der Waals surface area (Å²) in [4.78, 5) is 44.5. The monoisotopic (exact) mass is 609 g/mol. The summed E-state index contributed by atoms with van der Waals surface area (Å²) in [5.41, 5.74) is 8.33. The van der Waals surface area contributed by atoms with Crippen molar-refractivity contribution in [1.82, 2.24) is 9.80 Å². The van der Waals surface area contributed by atoms with Crippen LogP contribution in [0.4, 0.5) is 11.4 Å². The molecule has 1 aliphatic heterocycles. The smallest absolute Gasteiger partial charge is 0.258 e. The van der Waals surface area contributed by atoms with Crippen molar-refractivity contribution >= 4 is 29.1 Å². The number of hydrogen-bond acceptors (Lipinski definition) is 6. The Morgan fingerprint density at radius 3 is 2.38 bits per heavy atom. The van der Waals surface area contributed by atoms with Crippen LogP contribution >= 0.6 is 0 Å². The number of ether oxygens (including phenoxy) is 1. The maximum atomic E-state index is 13.4. The molecule has 4 rings (SSSR count). The first kappa shape index (κ1) is 33.2. The summed E-state index contributed by atoms with van der Waals surface area (Å²) >= 11 is 0. The number of carbonyl (C=O) groups excluding carboxylic acids is 3. The lowest BCUT2D eigenvalue weighted by Crippen LogP contribution is -2.47. The van der Waals surface area contributed by atoms with Crippen LogP contribution in [0.5, 0.6) is 5.75 Å². The highest BCUT2D eigenvalue weighted by atomic mass is 16.5. The molecule has 1 heterocycles. The summed E-state index contributed by atoms with van der Waals surface area (Å²) in [5.74, 6) is 6.36. The van der Waals surface area contributed by atoms with E-state index in [1.54, 1.807) is 54.4 Å². The van der Waals surface area contributed by atoms with Crippen molar-refractivity contribution in [2.45, 2.75) is 32.1 Å². The van der Waals surface area contributed by atoms with E-state index in [4.69, 9.17) is 10.5 Å². The minimum absolute atomic E-state index is 0.202. The molecule has 0 unspecified atom stereocenters. The van der Waals surface area contributed by atoms with Crippen LogP contribution in [0.1, 0.15) is 58.4 Å². The van der Waals surface area contributed by atoms with E-state index in [0.717, 1.165) is 45.4 Å². The average molecular weight is 610 g/mol. The second-order valence-electron chi connectivity index (χ2n) is 11.1. The van der Waals surface area contributed by atoms with Crippen LogP contribution in [0.25, 0.3) is 0 Å². The number of carbonyl (C=O) groups is 3. The van der Waals surface area contributed by atoms with E-state index >= 15 is 0 Å². The van der Waals surface area contributed by atoms with Gasteiger partial charge in [-0.05, 0) is 74.8 Å². The number of para-hydroxylation sites is 2. The molecule has 0 bridgehead atoms. The Hall–Kier alpha value is -4.65. The van der Waals surface area contributed by atoms with Crippen molar-refractivity contribution in [3.63, 3.8) is 0 Å². The first-order chi connectivity index (χ1) is 21.9. The summed E-state index contributed by atoms with van der Waals surface area (Å²) in [6.45, 7) is 4.44. The van der Waals surface area contributed by atoms with Gasteiger partial charge < -0.3 is 30.5 Å². The van der Waals surface area contributed by atoms with Gasteiger partial charge in [0.2, 0.25) is 5.91 Å². The fourth-order valence-electron chi connectivity index (χ4n) is 5.03. The summed E-state index contributed by atoms with van der Waals surface area (Å²) in [7, 11) is 3.80. The lowest BCUT2D eigenvalue weighted by atomic mass is 10.1. The summed E-state index contributed by atoms with van der Waals surface area (Å²) in [6.07, 6.45) is 3.67. The van der Waals surface area contributed by atoms with E-state index in [1.165, 1.54) is 0 Å². The number of nitrogens with one attached hydrogen (secondary N) is 1. The van der Waals surface area contributed by atoms with Crippen LogP contribution in [-0.4, -0.2) is 80.9 Å². The van der Waals surface area contributed by atoms with Crippen LogP contribution in [-0.2, 0) is 4.79 Å². The van der Waals surface area contributed by atoms with Gasteiger partial charge in [0.15, 0.2) is 0 Å². The van der Waals surface area contributed by atoms with Gasteiger partial charge in [-0.25, -0.2) is 0 Å². The van der Waals surface area contributed by atoms with Crippen molar-refractivity contribution < 1.29 is 19.1 Å². The predicted molar refractivity (Wildman–Crippen MR) is 179 cm³/mol. The molecule has 0 aliphatic carbocycles. The lowest BCUT2D eigenvalue weighted by Gasteiger charge is -2.32. The number of likely N-dealkylation sites (N-methyl/N-ethyl adjacent to an activating group) is 1. The number of unbranched alkanes of at least 4 members (excludes halogenated alkanes) is 2. The molecule has 3 aromatic carbocycles. The van der Waals surface area contributed by atoms with Crippen molar-refractivity contribution in [3.05, 3.63) is 89.5 Å². The molecular weight excluding hydrogens is 566 g/mol. The Morgan fingerprint density at radius 2 is 1.62 bits per heavy atom. The summed E-state index contributed by atoms with van der Waals surface area (Å²) in [5, 5.41) is 2.89. The molecule has 3 amide bonds. The maximum absolute atomic E-state index is 13.4. The normalized spacial score (nSPS) is 13.0. The number of amides is 3. The Bertz CT molecular complexity index is 1500. The van der Waals surface area contributed by atoms with Crippen LogP contribution in [0.15, 0.2) is 72.8 Å². The lowest BCUT2D eigenvalue weighted by molar-refractivity contribution is -0.132. The highest BCUT2D eigenvalue weighted by Crippen LogP contribution is 2.29. The zero-order valence-electron chi connectivity index (χ0n) is 26.3. The van der Waals surface area contributed by atoms with Crippen LogP contribution in [0.3, 0.4) is 0 Å². The highest BCUT2D eigenvalue weighted by Gasteiger charge is 2.19. The molecular formula is C36H43N5O4. The number of anilines is 2. The number of nitrogens with zero attached hydrogens (tertiary/aromatic N) is 3. The molecule has 0 spiro atoms. The molecule has 0 radical (unpaired) electrons. The SMILES string of the molecule is CN1CCN(C(=O)CCCCCOc2ccccc2N(C)C(=O)c2ccc(NC(=O)c3ccccc3C#CCCN)cc2)CC1. The fourth-order valence-corrected chi connectivity index (χ4v) is 5.03. The largest absolute Gasteiger partial charge is 0.491 e. The number of hydrogen-bond donors (Lipinski definition) is 2. The van der Waals surface area contributed by atoms with E-state index in [0.29, 0.717) is 59.8 Å². The van der Waals surface area contributed by atoms with Gasteiger partial charge in [0.05, 0.1) is 17.9 Å². The molecule has 1 fully saturated rings. The van der Waals surface area contributed by atoms with Crippen molar-refractivity contribution in [3.8, 4) is 17.6 Å². The van der Waals surface area contributed by atoms with Crippen molar-refractivity contribution in [1.29, 1.82) is 0 Å². The molecule has 9 heteroatoms. The molecule has 3 aromatic rings. The van der Waals surface area contributed by atoms with Crippen LogP contribution in [0.2, 0.25) is 0 Å². The summed E-state index contributed by atoms with van der Waals surface area (Å²) < 4.78 is 6.07. The topological polar surface area (TPSA) is 108 Å². The van der Waals surface area contributed by atoms with E-state index in [9.17, 15) is 14.4 Å². The minimum atomic E-state index is -0.281. The Labute approximate surface area is 266 Å². The Kier molecular flexibility index (Phi) is 12.6. The molecule has 0 atom stereocenters. The number of benzene rings is 3. The second kappa shape index (κ2) is 17.0. The summed E-state index contributed by atoms with van der Waals surface area (Å²) in [6, 6.07) is 21.4. The average Bonchev–Trinajstić information content (AvgIpc) is 3.06. The van der Waals surface area contributed by atoms with Gasteiger partial charge in [0.1, 0.15) is 5.75 Å². The minimum Gasteiger partial charge on any atom is -0.491 e. The number of piperazine rings is 1. The fraction of sp³-hybridized carbons (Fsp3) is 0.361. The van der Waals surface area contributed by atoms with Gasteiger partial charge >= 0.3 is 0 Å². The molecule has 236 valence electrons. The van der Waals surface area contributed by atoms with Gasteiger partial charge in [-0.1, -0.05) is 36.1 Å². The molecule has 3 N–H and O–H groups in total. The molecule has 1 saturated heterocycles. The maximum Gasteiger partial charge on any atom is 0.258 e. The van der Waals surface area contributed by atoms with E-state index in [1.807, 2.05) is 35.2 Å². The molecule has 45 heavy (non-hydrogen) atoms. The van der Waals surface area contributed by atoms with Gasteiger partial charge in [-0.3, -0.25) is 14.4 Å². The third kappa shape index (κ3) is 9.67. The quantitative estimate of drug-likeness (QED) is 0.229. The third-order valence-electron chi connectivity index (χ3n) is 7.73. The van der Waals surface area contributed by atoms with E-state index < -0.39 is 0 Å². The van der Waals surface area contributed by atoms with E-state index in [-0.39, 0.29) is 17.7 Å². The Balaban J connectivity index is 1.27. The number of nitrogens with two attached hydrogens (primary N) is 1. The first-order valence-corrected chi connectivity index (χ1v) is 15.5. The van der Waals surface area contributed by atoms with Gasteiger partial charge in [0, 0.05) is 69.4 Å². The second-order valence-corrected chi connectivity index (χ2v) is 11.1. The van der Waals surface area contributed by atoms with Crippen molar-refractivity contribution in [2.24, 2.45) is 5.73 Å². The van der Waals surface area contributed by atoms with E-state index in [2.05, 4.69) is 29.1 Å². The zero-order chi connectivity index (χ0) is 32.0. The van der Waals surface area contributed by atoms with Gasteiger partial charge in [0.25, 0.3) is 11.8 Å². The van der Waals surface area contributed by atoms with Crippen LogP contribution in [0, 0.1) is 11.8 Å². The van der Waals surface area contributed by atoms with Gasteiger partial charge in [-0.15, -0.1) is 0 Å². The molecule has 0 saturated carbocycles. The standard InChI is InChI=1S/C36H43N5O4/c1-39-23-25-41(26-24-39)34(42)17-4-3-11-27-45-33-16-8-7-15-32(33)40(2)36(44)29-18-20-30(21-19-29)38-35(43)31-14-6-5-12-28(31)13-9-10-22-37/h5-8,12,14-16,18-21H,3-4,10-11,17,22-27,37H2,1-2H3,(H,38,43). The molecule has 1 aliphatic rings. The van der Waals surface area contributed by atoms with Crippen LogP contribution < -0.4 is 20.7 Å². The predicted octanol–water partition coefficient (Wildman–Crippen LogP) is 4.63. The van der Waals surface area contributed by atoms with Crippen molar-refractivity contribution in [2.75, 3.05) is 63.6 Å². The Morgan fingerprint density at radius 1 is 0.911 bits per heavy atom. The first-order valence-electron chi connectivity index (χ1n) is 15.5. The number of rotatable bonds is 12. The van der Waals surface area contributed by atoms with Gasteiger partial charge in [-0.2, -0.15) is 0 Å².